The summed E-state index contributed by atoms with van der Waals surface area (Å²) in [5.41, 5.74) is 0. The second-order valence-corrected chi connectivity index (χ2v) is 5.17. The molecule has 4 nitrogen and oxygen atoms in total. The van der Waals surface area contributed by atoms with Crippen LogP contribution in [-0.2, 0) is 0 Å². The number of fused-ring (bicyclic) bond motifs is 3. The largest absolute Gasteiger partial charge is 0.396 e. The monoisotopic (exact) mass is 227 g/mol. The third-order valence-electron chi connectivity index (χ3n) is 3.89. The highest BCUT2D eigenvalue weighted by atomic mass is 16.2. The molecule has 0 aromatic rings. The van der Waals surface area contributed by atoms with Gasteiger partial charge in [0.25, 0.3) is 0 Å². The lowest BCUT2D eigenvalue weighted by Crippen LogP contribution is -2.63. The molecule has 4 heteroatoms. The first-order chi connectivity index (χ1) is 7.79. The topological polar surface area (TPSA) is 38.7 Å². The van der Waals surface area contributed by atoms with E-state index in [0.29, 0.717) is 18.7 Å². The molecule has 0 radical (unpaired) electrons. The molecule has 2 atom stereocenters. The Balaban J connectivity index is 1.66. The lowest BCUT2D eigenvalue weighted by molar-refractivity contribution is 0.0127. The molecule has 3 aliphatic rings. The molecule has 0 spiro atoms. The number of aliphatic hydroxyl groups is 1. The summed E-state index contributed by atoms with van der Waals surface area (Å²) in [5, 5.41) is 12.4. The zero-order valence-electron chi connectivity index (χ0n) is 10.4. The van der Waals surface area contributed by atoms with Crippen LogP contribution in [0.4, 0.5) is 0 Å². The van der Waals surface area contributed by atoms with E-state index in [1.165, 1.54) is 32.7 Å². The van der Waals surface area contributed by atoms with Gasteiger partial charge in [-0.1, -0.05) is 0 Å². The Kier molecular flexibility index (Phi) is 4.58. The van der Waals surface area contributed by atoms with Gasteiger partial charge in [-0.3, -0.25) is 9.80 Å². The molecule has 16 heavy (non-hydrogen) atoms. The van der Waals surface area contributed by atoms with Crippen molar-refractivity contribution in [1.29, 1.82) is 0 Å². The fourth-order valence-electron chi connectivity index (χ4n) is 2.75. The van der Waals surface area contributed by atoms with Crippen LogP contribution in [0.5, 0.6) is 0 Å². The zero-order valence-corrected chi connectivity index (χ0v) is 10.4. The van der Waals surface area contributed by atoms with Crippen molar-refractivity contribution in [2.24, 2.45) is 0 Å². The van der Waals surface area contributed by atoms with Crippen LogP contribution >= 0.6 is 0 Å². The molecule has 94 valence electrons. The van der Waals surface area contributed by atoms with E-state index < -0.39 is 0 Å². The third-order valence-corrected chi connectivity index (χ3v) is 3.89. The van der Waals surface area contributed by atoms with Gasteiger partial charge in [0.1, 0.15) is 0 Å². The SMILES string of the molecule is CC(CCCO)NCC1CN2CCN1CC2. The Labute approximate surface area is 98.6 Å². The first-order valence-electron chi connectivity index (χ1n) is 6.60. The molecule has 3 heterocycles. The van der Waals surface area contributed by atoms with Crippen molar-refractivity contribution < 1.29 is 5.11 Å². The Bertz CT molecular complexity index is 204. The Morgan fingerprint density at radius 1 is 1.31 bits per heavy atom. The summed E-state index contributed by atoms with van der Waals surface area (Å²) in [6.45, 7) is 9.88. The molecule has 0 aromatic heterocycles. The number of nitrogens with zero attached hydrogens (tertiary/aromatic N) is 2. The minimum Gasteiger partial charge on any atom is -0.396 e. The van der Waals surface area contributed by atoms with E-state index in [2.05, 4.69) is 22.0 Å². The van der Waals surface area contributed by atoms with Crippen LogP contribution in [-0.4, -0.2) is 72.9 Å². The van der Waals surface area contributed by atoms with Crippen LogP contribution in [0.25, 0.3) is 0 Å². The molecule has 3 rings (SSSR count). The minimum absolute atomic E-state index is 0.315. The fraction of sp³-hybridized carbons (Fsp3) is 1.00. The third kappa shape index (κ3) is 3.17. The number of piperazine rings is 3. The predicted octanol–water partition coefficient (Wildman–Crippen LogP) is -0.263. The van der Waals surface area contributed by atoms with Crippen molar-refractivity contribution in [2.75, 3.05) is 45.9 Å². The summed E-state index contributed by atoms with van der Waals surface area (Å²) in [5.74, 6) is 0. The molecule has 0 aliphatic carbocycles. The molecule has 0 aromatic carbocycles. The maximum absolute atomic E-state index is 8.78. The van der Waals surface area contributed by atoms with Gasteiger partial charge in [0.15, 0.2) is 0 Å². The first kappa shape index (κ1) is 12.3. The van der Waals surface area contributed by atoms with Gasteiger partial charge in [0, 0.05) is 58.0 Å². The minimum atomic E-state index is 0.315. The van der Waals surface area contributed by atoms with Crippen LogP contribution < -0.4 is 5.32 Å². The Morgan fingerprint density at radius 2 is 2.06 bits per heavy atom. The predicted molar refractivity (Wildman–Crippen MR) is 65.6 cm³/mol. The molecule has 3 saturated heterocycles. The molecule has 2 N–H and O–H groups in total. The quantitative estimate of drug-likeness (QED) is 0.655. The van der Waals surface area contributed by atoms with Gasteiger partial charge in [0.05, 0.1) is 0 Å². The van der Waals surface area contributed by atoms with E-state index in [1.54, 1.807) is 0 Å². The van der Waals surface area contributed by atoms with Crippen LogP contribution in [0.1, 0.15) is 19.8 Å². The Morgan fingerprint density at radius 3 is 2.62 bits per heavy atom. The second-order valence-electron chi connectivity index (χ2n) is 5.17. The lowest BCUT2D eigenvalue weighted by atomic mass is 10.1. The highest BCUT2D eigenvalue weighted by molar-refractivity contribution is 4.89. The van der Waals surface area contributed by atoms with Crippen molar-refractivity contribution in [3.05, 3.63) is 0 Å². The van der Waals surface area contributed by atoms with Gasteiger partial charge in [0.2, 0.25) is 0 Å². The van der Waals surface area contributed by atoms with Gasteiger partial charge in [-0.05, 0) is 19.8 Å². The molecule has 2 unspecified atom stereocenters. The second kappa shape index (κ2) is 5.96. The van der Waals surface area contributed by atoms with Gasteiger partial charge in [-0.25, -0.2) is 0 Å². The molecule has 0 amide bonds. The number of rotatable bonds is 6. The number of nitrogens with one attached hydrogen (secondary N) is 1. The lowest BCUT2D eigenvalue weighted by Gasteiger charge is -2.47. The summed E-state index contributed by atoms with van der Waals surface area (Å²) in [4.78, 5) is 5.19. The van der Waals surface area contributed by atoms with Crippen molar-refractivity contribution in [3.8, 4) is 0 Å². The molecular weight excluding hydrogens is 202 g/mol. The van der Waals surface area contributed by atoms with E-state index in [-0.39, 0.29) is 0 Å². The highest BCUT2D eigenvalue weighted by Gasteiger charge is 2.31. The summed E-state index contributed by atoms with van der Waals surface area (Å²) >= 11 is 0. The molecule has 0 saturated carbocycles. The normalized spacial score (nSPS) is 35.2. The molecule has 2 bridgehead atoms. The molecular formula is C12H25N3O. The van der Waals surface area contributed by atoms with Crippen molar-refractivity contribution in [3.63, 3.8) is 0 Å². The van der Waals surface area contributed by atoms with Crippen molar-refractivity contribution in [1.82, 2.24) is 15.1 Å². The summed E-state index contributed by atoms with van der Waals surface area (Å²) < 4.78 is 0. The van der Waals surface area contributed by atoms with Crippen LogP contribution in [0.3, 0.4) is 0 Å². The maximum atomic E-state index is 8.78. The maximum Gasteiger partial charge on any atom is 0.0431 e. The number of hydrogen-bond donors (Lipinski definition) is 2. The number of aliphatic hydroxyl groups excluding tert-OH is 1. The van der Waals surface area contributed by atoms with Crippen molar-refractivity contribution >= 4 is 0 Å². The van der Waals surface area contributed by atoms with Crippen molar-refractivity contribution in [2.45, 2.75) is 31.8 Å². The van der Waals surface area contributed by atoms with Gasteiger partial charge >= 0.3 is 0 Å². The van der Waals surface area contributed by atoms with E-state index in [0.717, 1.165) is 19.4 Å². The first-order valence-corrected chi connectivity index (χ1v) is 6.60. The summed E-state index contributed by atoms with van der Waals surface area (Å²) in [6, 6.07) is 1.24. The summed E-state index contributed by atoms with van der Waals surface area (Å²) in [7, 11) is 0. The standard InChI is InChI=1S/C12H25N3O/c1-11(3-2-8-16)13-9-12-10-14-4-6-15(12)7-5-14/h11-13,16H,2-10H2,1H3. The van der Waals surface area contributed by atoms with E-state index in [9.17, 15) is 0 Å². The highest BCUT2D eigenvalue weighted by Crippen LogP contribution is 2.15. The van der Waals surface area contributed by atoms with E-state index in [4.69, 9.17) is 5.11 Å². The molecule has 3 fully saturated rings. The average molecular weight is 227 g/mol. The fourth-order valence-corrected chi connectivity index (χ4v) is 2.75. The molecule has 3 aliphatic heterocycles. The van der Waals surface area contributed by atoms with E-state index >= 15 is 0 Å². The van der Waals surface area contributed by atoms with E-state index in [1.807, 2.05) is 0 Å². The number of hydrogen-bond acceptors (Lipinski definition) is 4. The average Bonchev–Trinajstić information content (AvgIpc) is 2.35. The smallest absolute Gasteiger partial charge is 0.0431 e. The van der Waals surface area contributed by atoms with Gasteiger partial charge in [-0.2, -0.15) is 0 Å². The van der Waals surface area contributed by atoms with Crippen LogP contribution in [0.15, 0.2) is 0 Å². The van der Waals surface area contributed by atoms with Crippen LogP contribution in [0.2, 0.25) is 0 Å². The zero-order chi connectivity index (χ0) is 11.4. The van der Waals surface area contributed by atoms with Crippen LogP contribution in [0, 0.1) is 0 Å². The van der Waals surface area contributed by atoms with Gasteiger partial charge in [-0.15, -0.1) is 0 Å². The van der Waals surface area contributed by atoms with Gasteiger partial charge < -0.3 is 10.4 Å². The Hall–Kier alpha value is -0.160. The summed E-state index contributed by atoms with van der Waals surface area (Å²) in [6.07, 6.45) is 1.99.